The van der Waals surface area contributed by atoms with Crippen LogP contribution in [0, 0.1) is 0 Å². The molecule has 410 valence electrons. The molecule has 6 N–H and O–H groups in total. The van der Waals surface area contributed by atoms with Crippen molar-refractivity contribution in [2.45, 2.75) is 71.4 Å². The normalized spacial score (nSPS) is 16.3. The number of nitrogens with zero attached hydrogens (tertiary/aromatic N) is 8. The highest BCUT2D eigenvalue weighted by Gasteiger charge is 2.32. The minimum absolute atomic E-state index is 0.161. The Morgan fingerprint density at radius 1 is 0.544 bits per heavy atom. The molecule has 9 aromatic rings. The van der Waals surface area contributed by atoms with Gasteiger partial charge in [-0.3, -0.25) is 25.4 Å². The molecule has 10 heterocycles. The number of hydrazine groups is 1. The Morgan fingerprint density at radius 2 is 1.08 bits per heavy atom. The quantitative estimate of drug-likeness (QED) is 0.0796. The van der Waals surface area contributed by atoms with Gasteiger partial charge in [0, 0.05) is 149 Å². The molecule has 5 aliphatic heterocycles. The molecular formula is C62H71Cl2N13O2. The van der Waals surface area contributed by atoms with Crippen LogP contribution < -0.4 is 21.5 Å². The van der Waals surface area contributed by atoms with Gasteiger partial charge in [0.25, 0.3) is 0 Å². The van der Waals surface area contributed by atoms with E-state index in [0.29, 0.717) is 23.9 Å². The predicted octanol–water partition coefficient (Wildman–Crippen LogP) is 10.4. The first kappa shape index (κ1) is 55.2. The maximum atomic E-state index is 12.9. The summed E-state index contributed by atoms with van der Waals surface area (Å²) < 4.78 is 2.26. The van der Waals surface area contributed by atoms with Crippen LogP contribution in [0.2, 0.25) is 10.0 Å². The van der Waals surface area contributed by atoms with Gasteiger partial charge in [-0.15, -0.1) is 0 Å². The summed E-state index contributed by atoms with van der Waals surface area (Å²) in [7, 11) is 8.56. The summed E-state index contributed by atoms with van der Waals surface area (Å²) in [6.45, 7) is 10.1. The van der Waals surface area contributed by atoms with Crippen LogP contribution in [-0.4, -0.2) is 117 Å². The fourth-order valence-electron chi connectivity index (χ4n) is 11.2. The van der Waals surface area contributed by atoms with Crippen LogP contribution >= 0.6 is 23.2 Å². The van der Waals surface area contributed by atoms with Crippen LogP contribution in [0.25, 0.3) is 32.7 Å². The highest BCUT2D eigenvalue weighted by Crippen LogP contribution is 2.40. The van der Waals surface area contributed by atoms with E-state index in [0.717, 1.165) is 118 Å². The minimum Gasteiger partial charge on any atom is -0.379 e. The number of carbonyl (C=O) groups is 2. The number of H-pyrrole nitrogens is 2. The lowest BCUT2D eigenvalue weighted by Crippen LogP contribution is -2.37. The average Bonchev–Trinajstić information content (AvgIpc) is 4.34. The number of carbonyl (C=O) groups excluding carboxylic acids is 2. The first-order valence-electron chi connectivity index (χ1n) is 27.2. The van der Waals surface area contributed by atoms with Crippen molar-refractivity contribution in [3.8, 4) is 0 Å². The Labute approximate surface area is 472 Å². The lowest BCUT2D eigenvalue weighted by Gasteiger charge is -2.30. The van der Waals surface area contributed by atoms with Gasteiger partial charge < -0.3 is 49.8 Å². The monoisotopic (exact) mass is 1100 g/mol. The molecule has 1 saturated heterocycles. The highest BCUT2D eigenvalue weighted by atomic mass is 35.5. The summed E-state index contributed by atoms with van der Waals surface area (Å²) in [6, 6.07) is 34.3. The third-order valence-corrected chi connectivity index (χ3v) is 16.2. The zero-order valence-corrected chi connectivity index (χ0v) is 47.2. The maximum Gasteiger partial charge on any atom is 0.247 e. The van der Waals surface area contributed by atoms with Gasteiger partial charge in [-0.05, 0) is 111 Å². The molecule has 1 amide bonds. The number of likely N-dealkylation sites (N-methyl/N-ethyl adjacent to an activating group) is 3. The number of nitrogens with one attached hydrogen (secondary N) is 4. The molecule has 14 rings (SSSR count). The summed E-state index contributed by atoms with van der Waals surface area (Å²) in [5.41, 5.74) is 19.7. The second-order valence-corrected chi connectivity index (χ2v) is 22.0. The van der Waals surface area contributed by atoms with E-state index in [2.05, 4.69) is 118 Å². The number of anilines is 3. The van der Waals surface area contributed by atoms with E-state index in [4.69, 9.17) is 29.0 Å². The number of Topliss-reactive ketones (excluding diaryl/α,β-unsaturated/α-hetero) is 1. The van der Waals surface area contributed by atoms with Gasteiger partial charge in [0.05, 0.1) is 50.2 Å². The number of hydrogen-bond donors (Lipinski definition) is 5. The molecule has 0 aliphatic carbocycles. The molecule has 5 aliphatic rings. The Kier molecular flexibility index (Phi) is 17.7. The second kappa shape index (κ2) is 25.4. The van der Waals surface area contributed by atoms with Gasteiger partial charge in [0.15, 0.2) is 0 Å². The minimum atomic E-state index is 0.161. The van der Waals surface area contributed by atoms with Crippen LogP contribution in [0.4, 0.5) is 17.1 Å². The molecule has 17 heteroatoms. The lowest BCUT2D eigenvalue weighted by molar-refractivity contribution is -0.121. The van der Waals surface area contributed by atoms with Crippen LogP contribution in [-0.2, 0) is 68.1 Å². The zero-order chi connectivity index (χ0) is 55.0. The van der Waals surface area contributed by atoms with E-state index in [9.17, 15) is 9.59 Å². The van der Waals surface area contributed by atoms with Gasteiger partial charge >= 0.3 is 0 Å². The number of nitrogens with two attached hydrogens (primary N) is 1. The number of aromatic nitrogens is 5. The van der Waals surface area contributed by atoms with Crippen molar-refractivity contribution < 1.29 is 9.59 Å². The van der Waals surface area contributed by atoms with Crippen LogP contribution in [0.1, 0.15) is 57.7 Å². The van der Waals surface area contributed by atoms with Crippen molar-refractivity contribution in [1.82, 2.24) is 44.1 Å². The molecule has 0 bridgehead atoms. The van der Waals surface area contributed by atoms with Gasteiger partial charge in [-0.1, -0.05) is 71.7 Å². The van der Waals surface area contributed by atoms with Crippen LogP contribution in [0.15, 0.2) is 128 Å². The van der Waals surface area contributed by atoms with Crippen molar-refractivity contribution >= 4 is 84.7 Å². The molecule has 0 saturated carbocycles. The molecule has 0 radical (unpaired) electrons. The van der Waals surface area contributed by atoms with Crippen LogP contribution in [0.3, 0.4) is 0 Å². The maximum absolute atomic E-state index is 12.9. The number of nitrogen functional groups attached to an aromatic ring is 1. The summed E-state index contributed by atoms with van der Waals surface area (Å²) >= 11 is 11.9. The van der Waals surface area contributed by atoms with Gasteiger partial charge in [0.2, 0.25) is 5.91 Å². The smallest absolute Gasteiger partial charge is 0.247 e. The van der Waals surface area contributed by atoms with Gasteiger partial charge in [0.1, 0.15) is 12.3 Å². The number of rotatable bonds is 6. The van der Waals surface area contributed by atoms with E-state index in [1.807, 2.05) is 78.9 Å². The molecule has 0 spiro atoms. The number of ketones is 1. The largest absolute Gasteiger partial charge is 0.379 e. The fraction of sp³-hybridized carbons (Fsp3) is 0.323. The third kappa shape index (κ3) is 12.8. The molecule has 0 unspecified atom stereocenters. The van der Waals surface area contributed by atoms with Gasteiger partial charge in [-0.2, -0.15) is 0 Å². The molecule has 4 aromatic carbocycles. The number of fused-ring (bicyclic) bond motifs is 9. The predicted molar refractivity (Wildman–Crippen MR) is 322 cm³/mol. The summed E-state index contributed by atoms with van der Waals surface area (Å²) in [6.07, 6.45) is 12.0. The Balaban J connectivity index is 0.000000119. The third-order valence-electron chi connectivity index (χ3n) is 15.6. The SMILES string of the molecule is CN1CCC(=O)CC1.CN1CCc2[nH]c3c(Cl)cccc3c2C1.CN1CCc2[nH]c3c(NCc4ccncc4)cccc3c2C1.CN1CCc2c(c3cccc4c3n2CC(=O)N4Cc2ccncc2)C1.NNc1ccccc1Cl. The van der Waals surface area contributed by atoms with Crippen molar-refractivity contribution in [1.29, 1.82) is 0 Å². The highest BCUT2D eigenvalue weighted by molar-refractivity contribution is 6.35. The molecule has 79 heavy (non-hydrogen) atoms. The van der Waals surface area contributed by atoms with Crippen LogP contribution in [0.5, 0.6) is 0 Å². The topological polar surface area (TPSA) is 163 Å². The van der Waals surface area contributed by atoms with E-state index in [-0.39, 0.29) is 5.91 Å². The van der Waals surface area contributed by atoms with Crippen molar-refractivity contribution in [2.75, 3.05) is 76.6 Å². The number of benzene rings is 4. The van der Waals surface area contributed by atoms with E-state index in [1.54, 1.807) is 18.5 Å². The standard InChI is InChI=1S/C20H20N4O.C18H20N4.C12H13ClN2.C6H7ClN2.C6H11NO/c1-22-10-7-17-16(12-22)15-3-2-4-18-20(15)24(17)13-19(25)23(18)11-14-5-8-21-9-6-14;1-22-10-7-16-15(12-22)14-3-2-4-17(18(14)21-16)20-11-13-5-8-19-9-6-13;1-15-6-5-11-9(7-15)8-3-2-4-10(13)12(8)14-11;7-5-3-1-2-4-6(5)9-8;1-7-4-2-6(8)3-5-7/h2-6,8-9H,7,10-13H2,1H3;2-6,8-9,20-21H,7,10-12H2,1H3;2-4,14H,5-7H2,1H3;1-4,9H,8H2;2-5H2,1H3. The number of hydrogen-bond acceptors (Lipinski definition) is 11. The summed E-state index contributed by atoms with van der Waals surface area (Å²) in [5.74, 6) is 5.70. The molecular weight excluding hydrogens is 1030 g/mol. The second-order valence-electron chi connectivity index (χ2n) is 21.2. The first-order valence-corrected chi connectivity index (χ1v) is 28.0. The molecule has 0 atom stereocenters. The number of pyridine rings is 2. The van der Waals surface area contributed by atoms with E-state index < -0.39 is 0 Å². The first-order chi connectivity index (χ1) is 38.4. The average molecular weight is 1100 g/mol. The fourth-order valence-corrected chi connectivity index (χ4v) is 11.6. The molecule has 5 aromatic heterocycles. The molecule has 1 fully saturated rings. The van der Waals surface area contributed by atoms with Crippen molar-refractivity contribution in [2.24, 2.45) is 5.84 Å². The number of para-hydroxylation sites is 4. The zero-order valence-electron chi connectivity index (χ0n) is 45.7. The van der Waals surface area contributed by atoms with Crippen molar-refractivity contribution in [3.05, 3.63) is 183 Å². The van der Waals surface area contributed by atoms with Crippen molar-refractivity contribution in [3.63, 3.8) is 0 Å². The van der Waals surface area contributed by atoms with Gasteiger partial charge in [-0.25, -0.2) is 0 Å². The Bertz CT molecular complexity index is 3550. The number of halogens is 2. The summed E-state index contributed by atoms with van der Waals surface area (Å²) in [4.78, 5) is 49.9. The Hall–Kier alpha value is -7.08. The number of piperidine rings is 1. The number of aromatic amines is 2. The Morgan fingerprint density at radius 3 is 1.71 bits per heavy atom. The molecule has 15 nitrogen and oxygen atoms in total. The van der Waals surface area contributed by atoms with E-state index >= 15 is 0 Å². The summed E-state index contributed by atoms with van der Waals surface area (Å²) in [5, 5.41) is 8.94. The van der Waals surface area contributed by atoms with E-state index in [1.165, 1.54) is 72.2 Å². The lowest BCUT2D eigenvalue weighted by atomic mass is 10.0. The number of likely N-dealkylation sites (tertiary alicyclic amines) is 1. The number of amides is 1.